The van der Waals surface area contributed by atoms with Gasteiger partial charge in [-0.3, -0.25) is 4.79 Å². The minimum atomic E-state index is -0.924. The molecule has 0 aromatic heterocycles. The molecule has 1 atom stereocenters. The van der Waals surface area contributed by atoms with Gasteiger partial charge in [0.1, 0.15) is 12.1 Å². The summed E-state index contributed by atoms with van der Waals surface area (Å²) in [6.45, 7) is 0.186. The van der Waals surface area contributed by atoms with Gasteiger partial charge in [-0.2, -0.15) is 0 Å². The number of hydrogen-bond acceptors (Lipinski definition) is 3. The van der Waals surface area contributed by atoms with E-state index >= 15 is 0 Å². The van der Waals surface area contributed by atoms with Gasteiger partial charge in [0.15, 0.2) is 0 Å². The van der Waals surface area contributed by atoms with Gasteiger partial charge in [-0.1, -0.05) is 145 Å². The molecule has 0 heterocycles. The standard InChI is InChI=1S/C40H34N2O3/c1-2-32(41-39(44)45-28-37-35-24-14-12-22-33(35)34-23-13-15-25-36(34)37)26-27-38(43)42-40(29-16-6-3-7-17-29,30-18-8-4-9-19-30)31-20-10-5-11-21-31/h1,3-25,32,37H,26-28H2,(H,41,44)(H,42,43)/t32-/m1/s1. The molecule has 5 heteroatoms. The summed E-state index contributed by atoms with van der Waals surface area (Å²) in [7, 11) is 0. The van der Waals surface area contributed by atoms with E-state index in [1.165, 1.54) is 0 Å². The lowest BCUT2D eigenvalue weighted by atomic mass is 9.77. The zero-order valence-corrected chi connectivity index (χ0v) is 24.9. The van der Waals surface area contributed by atoms with Crippen molar-refractivity contribution in [2.75, 3.05) is 6.61 Å². The highest BCUT2D eigenvalue weighted by atomic mass is 16.5. The van der Waals surface area contributed by atoms with Gasteiger partial charge in [-0.05, 0) is 45.4 Å². The first-order valence-corrected chi connectivity index (χ1v) is 15.2. The highest BCUT2D eigenvalue weighted by Crippen LogP contribution is 2.44. The van der Waals surface area contributed by atoms with Crippen molar-refractivity contribution in [3.05, 3.63) is 167 Å². The molecule has 0 radical (unpaired) electrons. The van der Waals surface area contributed by atoms with Crippen LogP contribution in [0, 0.1) is 12.3 Å². The van der Waals surface area contributed by atoms with Crippen LogP contribution in [-0.2, 0) is 15.1 Å². The molecule has 222 valence electrons. The first-order valence-electron chi connectivity index (χ1n) is 15.2. The summed E-state index contributed by atoms with van der Waals surface area (Å²) < 4.78 is 5.69. The molecule has 2 N–H and O–H groups in total. The lowest BCUT2D eigenvalue weighted by Gasteiger charge is -2.37. The average Bonchev–Trinajstić information content (AvgIpc) is 3.42. The van der Waals surface area contributed by atoms with Crippen molar-refractivity contribution in [3.63, 3.8) is 0 Å². The van der Waals surface area contributed by atoms with Crippen molar-refractivity contribution in [1.82, 2.24) is 10.6 Å². The van der Waals surface area contributed by atoms with E-state index in [0.29, 0.717) is 0 Å². The number of rotatable bonds is 10. The normalized spacial score (nSPS) is 12.7. The van der Waals surface area contributed by atoms with Gasteiger partial charge < -0.3 is 15.4 Å². The quantitative estimate of drug-likeness (QED) is 0.131. The second kappa shape index (κ2) is 13.4. The highest BCUT2D eigenvalue weighted by molar-refractivity contribution is 5.80. The number of alkyl carbamates (subject to hydrolysis) is 1. The van der Waals surface area contributed by atoms with Crippen molar-refractivity contribution < 1.29 is 14.3 Å². The molecule has 2 amide bonds. The van der Waals surface area contributed by atoms with Gasteiger partial charge in [0.25, 0.3) is 0 Å². The third-order valence-electron chi connectivity index (χ3n) is 8.44. The number of carbonyl (C=O) groups is 2. The summed E-state index contributed by atoms with van der Waals surface area (Å²) in [5, 5.41) is 6.12. The van der Waals surface area contributed by atoms with Crippen molar-refractivity contribution in [2.45, 2.75) is 30.3 Å². The fourth-order valence-electron chi connectivity index (χ4n) is 6.31. The largest absolute Gasteiger partial charge is 0.449 e. The van der Waals surface area contributed by atoms with Crippen LogP contribution in [0.1, 0.15) is 46.6 Å². The predicted octanol–water partition coefficient (Wildman–Crippen LogP) is 7.42. The molecule has 1 aliphatic carbocycles. The lowest BCUT2D eigenvalue weighted by Crippen LogP contribution is -2.48. The van der Waals surface area contributed by atoms with Crippen LogP contribution in [-0.4, -0.2) is 24.6 Å². The van der Waals surface area contributed by atoms with Gasteiger partial charge in [-0.25, -0.2) is 4.79 Å². The van der Waals surface area contributed by atoms with Gasteiger partial charge in [0.05, 0.1) is 6.04 Å². The topological polar surface area (TPSA) is 67.4 Å². The van der Waals surface area contributed by atoms with E-state index in [9.17, 15) is 9.59 Å². The Bertz CT molecular complexity index is 1670. The smallest absolute Gasteiger partial charge is 0.408 e. The number of fused-ring (bicyclic) bond motifs is 3. The summed E-state index contributed by atoms with van der Waals surface area (Å²) in [4.78, 5) is 26.6. The van der Waals surface area contributed by atoms with E-state index < -0.39 is 17.7 Å². The van der Waals surface area contributed by atoms with Crippen LogP contribution in [0.3, 0.4) is 0 Å². The molecule has 5 aromatic carbocycles. The molecule has 0 saturated carbocycles. The lowest BCUT2D eigenvalue weighted by molar-refractivity contribution is -0.122. The number of ether oxygens (including phenoxy) is 1. The molecule has 1 aliphatic rings. The summed E-state index contributed by atoms with van der Waals surface area (Å²) >= 11 is 0. The second-order valence-electron chi connectivity index (χ2n) is 11.1. The number of carbonyl (C=O) groups excluding carboxylic acids is 2. The number of nitrogens with one attached hydrogen (secondary N) is 2. The van der Waals surface area contributed by atoms with E-state index in [1.807, 2.05) is 115 Å². The van der Waals surface area contributed by atoms with Gasteiger partial charge >= 0.3 is 6.09 Å². The molecule has 0 fully saturated rings. The monoisotopic (exact) mass is 590 g/mol. The molecule has 45 heavy (non-hydrogen) atoms. The van der Waals surface area contributed by atoms with E-state index in [-0.39, 0.29) is 31.3 Å². The van der Waals surface area contributed by atoms with Crippen LogP contribution in [0.25, 0.3) is 11.1 Å². The third-order valence-corrected chi connectivity index (χ3v) is 8.44. The van der Waals surface area contributed by atoms with Crippen LogP contribution < -0.4 is 10.6 Å². The van der Waals surface area contributed by atoms with Gasteiger partial charge in [0, 0.05) is 12.3 Å². The molecule has 0 aliphatic heterocycles. The summed E-state index contributed by atoms with van der Waals surface area (Å²) in [6, 6.07) is 45.5. The minimum Gasteiger partial charge on any atom is -0.449 e. The maximum atomic E-state index is 13.7. The molecular formula is C40H34N2O3. The Labute approximate surface area is 264 Å². The van der Waals surface area contributed by atoms with E-state index in [1.54, 1.807) is 0 Å². The average molecular weight is 591 g/mol. The Balaban J connectivity index is 1.13. The van der Waals surface area contributed by atoms with Crippen LogP contribution in [0.4, 0.5) is 4.79 Å². The first kappa shape index (κ1) is 29.5. The number of amides is 2. The summed E-state index contributed by atoms with van der Waals surface area (Å²) in [5.74, 6) is 2.36. The molecule has 5 nitrogen and oxygen atoms in total. The molecule has 6 rings (SSSR count). The Kier molecular flexibility index (Phi) is 8.75. The van der Waals surface area contributed by atoms with Crippen LogP contribution in [0.2, 0.25) is 0 Å². The molecular weight excluding hydrogens is 556 g/mol. The highest BCUT2D eigenvalue weighted by Gasteiger charge is 2.38. The molecule has 0 unspecified atom stereocenters. The molecule has 0 bridgehead atoms. The minimum absolute atomic E-state index is 0.0553. The molecule has 0 spiro atoms. The van der Waals surface area contributed by atoms with Gasteiger partial charge in [-0.15, -0.1) is 6.42 Å². The van der Waals surface area contributed by atoms with Crippen LogP contribution in [0.15, 0.2) is 140 Å². The number of hydrogen-bond donors (Lipinski definition) is 2. The maximum Gasteiger partial charge on any atom is 0.408 e. The SMILES string of the molecule is C#C[C@H](CCC(=O)NC(c1ccccc1)(c1ccccc1)c1ccccc1)NC(=O)OCC1c2ccccc2-c2ccccc21. The van der Waals surface area contributed by atoms with Crippen molar-refractivity contribution in [1.29, 1.82) is 0 Å². The Morgan fingerprint density at radius 2 is 1.13 bits per heavy atom. The van der Waals surface area contributed by atoms with Crippen molar-refractivity contribution >= 4 is 12.0 Å². The number of terminal acetylenes is 1. The molecule has 5 aromatic rings. The Hall–Kier alpha value is -5.60. The van der Waals surface area contributed by atoms with E-state index in [4.69, 9.17) is 11.2 Å². The predicted molar refractivity (Wildman–Crippen MR) is 177 cm³/mol. The third kappa shape index (κ3) is 6.09. The zero-order chi connectivity index (χ0) is 31.1. The van der Waals surface area contributed by atoms with Crippen LogP contribution >= 0.6 is 0 Å². The van der Waals surface area contributed by atoms with Gasteiger partial charge in [0.2, 0.25) is 5.91 Å². The van der Waals surface area contributed by atoms with Crippen LogP contribution in [0.5, 0.6) is 0 Å². The van der Waals surface area contributed by atoms with Crippen molar-refractivity contribution in [2.24, 2.45) is 0 Å². The summed E-state index contributed by atoms with van der Waals surface area (Å²) in [6.07, 6.45) is 5.55. The molecule has 0 saturated heterocycles. The Morgan fingerprint density at radius 3 is 1.60 bits per heavy atom. The zero-order valence-electron chi connectivity index (χ0n) is 24.9. The summed E-state index contributed by atoms with van der Waals surface area (Å²) in [5.41, 5.74) is 6.46. The maximum absolute atomic E-state index is 13.7. The second-order valence-corrected chi connectivity index (χ2v) is 11.1. The van der Waals surface area contributed by atoms with Crippen molar-refractivity contribution in [3.8, 4) is 23.5 Å². The van der Waals surface area contributed by atoms with E-state index in [2.05, 4.69) is 40.8 Å². The fourth-order valence-corrected chi connectivity index (χ4v) is 6.31. The number of benzene rings is 5. The first-order chi connectivity index (χ1) is 22.1. The fraction of sp³-hybridized carbons (Fsp3) is 0.150. The van der Waals surface area contributed by atoms with E-state index in [0.717, 1.165) is 38.9 Å². The Morgan fingerprint density at radius 1 is 0.689 bits per heavy atom.